The number of rotatable bonds is 13. The van der Waals surface area contributed by atoms with Crippen molar-refractivity contribution in [2.75, 3.05) is 83.6 Å². The Hall–Kier alpha value is -5.71. The molecule has 0 amide bonds. The Morgan fingerprint density at radius 1 is 0.602 bits per heavy atom. The summed E-state index contributed by atoms with van der Waals surface area (Å²) in [6.45, 7) is 29.1. The number of aryl methyl sites for hydroxylation is 1. The number of nitrogens with zero attached hydrogens (tertiary/aromatic N) is 5. The summed E-state index contributed by atoms with van der Waals surface area (Å²) >= 11 is 14.6. The summed E-state index contributed by atoms with van der Waals surface area (Å²) in [5.41, 5.74) is 14.8. The Morgan fingerprint density at radius 2 is 0.981 bits per heavy atom. The largest absolute Gasteiger partial charge is 1.00 e. The molecule has 6 aromatic carbocycles. The van der Waals surface area contributed by atoms with E-state index < -0.39 is 71.5 Å². The molecule has 0 bridgehead atoms. The van der Waals surface area contributed by atoms with Crippen molar-refractivity contribution in [3.63, 3.8) is 0 Å². The van der Waals surface area contributed by atoms with E-state index in [0.717, 1.165) is 104 Å². The fourth-order valence-corrected chi connectivity index (χ4v) is 14.8. The van der Waals surface area contributed by atoms with Gasteiger partial charge in [0.15, 0.2) is 25.5 Å². The summed E-state index contributed by atoms with van der Waals surface area (Å²) in [7, 11) is -9.18. The van der Waals surface area contributed by atoms with Crippen LogP contribution in [0, 0.1) is 0 Å². The van der Waals surface area contributed by atoms with Crippen LogP contribution < -0.4 is 80.3 Å². The first-order chi connectivity index (χ1) is 48.3. The maximum Gasteiger partial charge on any atom is 1.00 e. The van der Waals surface area contributed by atoms with Crippen molar-refractivity contribution in [1.82, 2.24) is 4.58 Å². The molecule has 6 aromatic rings. The van der Waals surface area contributed by atoms with E-state index in [0.29, 0.717) is 41.2 Å². The number of ketones is 1. The van der Waals surface area contributed by atoms with E-state index in [9.17, 15) is 40.7 Å². The number of aliphatic hydroxyl groups excluding tert-OH is 1. The number of aliphatic hydroxyl groups is 1. The zero-order valence-corrected chi connectivity index (χ0v) is 69.1. The van der Waals surface area contributed by atoms with Gasteiger partial charge in [-0.05, 0) is 199 Å². The molecule has 0 spiro atoms. The topological polar surface area (TPSA) is 287 Å². The molecule has 6 aliphatic rings. The Morgan fingerprint density at radius 3 is 1.34 bits per heavy atom. The molecule has 0 saturated carbocycles. The molecule has 103 heavy (non-hydrogen) atoms. The van der Waals surface area contributed by atoms with Crippen molar-refractivity contribution < 1.29 is 94.2 Å². The van der Waals surface area contributed by atoms with E-state index in [1.54, 1.807) is 0 Å². The molecule has 0 unspecified atom stereocenters. The Bertz CT molecular complexity index is 4460. The molecule has 20 nitrogen and oxygen atoms in total. The molecule has 1 aliphatic carbocycles. The molecule has 0 saturated heterocycles. The molecule has 0 radical (unpaired) electrons. The minimum Gasteiger partial charge on any atom is -0.871 e. The van der Waals surface area contributed by atoms with Crippen molar-refractivity contribution in [3.8, 4) is 11.5 Å². The number of aromatic hydroxyl groups is 2. The fourth-order valence-electron chi connectivity index (χ4n) is 13.0. The second kappa shape index (κ2) is 42.0. The fraction of sp³-hybridized carbons (Fsp3) is 0.486. The third-order valence-corrected chi connectivity index (χ3v) is 19.7. The number of fused-ring (bicyclic) bond motifs is 5. The SMILES string of the molecule is CC(C)N1CCc2ccc(CCl)cc21.CC(C)N1CCc2ccc(CO)cc21.CC(C)N1CCc2ccc(CS(C)(=O)=O)cc21.CCc1cc2c(cc1=C1C(=O)C(c3cc4c(cc3CS(C)(=O)=O)N(C(C)C)CC4)=C1[O-])CC[N+]=2C(C)C.C[S-](=O)=O.ClCCl.O=S=O.O=c1c(O)c(O)c1=O.[2H]CF.[Na+]. The normalized spacial score (nSPS) is 14.9. The quantitative estimate of drug-likeness (QED) is 0.0415. The van der Waals surface area contributed by atoms with Gasteiger partial charge in [0.1, 0.15) is 12.6 Å². The Balaban J connectivity index is 0.000000351. The van der Waals surface area contributed by atoms with Crippen molar-refractivity contribution in [2.24, 2.45) is 0 Å². The maximum atomic E-state index is 13.6. The molecular formula is C74H98Cl3FN5NaO15S4. The van der Waals surface area contributed by atoms with E-state index in [2.05, 4.69) is 136 Å². The molecule has 5 aliphatic heterocycles. The smallest absolute Gasteiger partial charge is 0.871 e. The summed E-state index contributed by atoms with van der Waals surface area (Å²) in [6, 6.07) is 29.1. The molecule has 3 N–H and O–H groups in total. The van der Waals surface area contributed by atoms with Gasteiger partial charge in [0.2, 0.25) is 16.9 Å². The van der Waals surface area contributed by atoms with Gasteiger partial charge in [0.05, 0.1) is 32.0 Å². The Labute approximate surface area is 650 Å². The van der Waals surface area contributed by atoms with Gasteiger partial charge in [0, 0.05) is 121 Å². The van der Waals surface area contributed by atoms with Gasteiger partial charge in [-0.1, -0.05) is 66.0 Å². The van der Waals surface area contributed by atoms with Crippen LogP contribution in [0.5, 0.6) is 11.5 Å². The van der Waals surface area contributed by atoms with Crippen LogP contribution in [0.15, 0.2) is 94.2 Å². The van der Waals surface area contributed by atoms with E-state index in [4.69, 9.17) is 68.3 Å². The summed E-state index contributed by atoms with van der Waals surface area (Å²) in [5, 5.41) is 41.3. The second-order valence-electron chi connectivity index (χ2n) is 26.5. The van der Waals surface area contributed by atoms with Gasteiger partial charge in [0.25, 0.3) is 10.9 Å². The van der Waals surface area contributed by atoms with Crippen LogP contribution in [-0.4, -0.2) is 141 Å². The molecule has 5 heterocycles. The van der Waals surface area contributed by atoms with Crippen LogP contribution >= 0.6 is 34.8 Å². The summed E-state index contributed by atoms with van der Waals surface area (Å²) in [4.78, 5) is 43.0. The molecular weight excluding hydrogens is 1480 g/mol. The number of hydrogen-bond acceptors (Lipinski definition) is 20. The van der Waals surface area contributed by atoms with E-state index in [1.165, 1.54) is 69.2 Å². The van der Waals surface area contributed by atoms with Crippen LogP contribution in [0.3, 0.4) is 0 Å². The maximum absolute atomic E-state index is 13.6. The third-order valence-electron chi connectivity index (χ3n) is 17.7. The van der Waals surface area contributed by atoms with Crippen LogP contribution in [0.1, 0.15) is 139 Å². The van der Waals surface area contributed by atoms with Crippen molar-refractivity contribution in [3.05, 3.63) is 177 Å². The van der Waals surface area contributed by atoms with Crippen molar-refractivity contribution in [1.29, 1.82) is 0 Å². The molecule has 0 aromatic heterocycles. The minimum absolute atomic E-state index is 0. The number of benzene rings is 5. The summed E-state index contributed by atoms with van der Waals surface area (Å²) in [5.74, 6) is -1.65. The first kappa shape index (κ1) is 89.7. The number of hydrogen-bond donors (Lipinski definition) is 3. The number of Topliss-reactive ketones (excluding diaryl/α,β-unsaturated/α-hetero) is 1. The standard InChI is InChI=1S/C30H36N2O4S.C13H19NO2S.C12H16ClN.C12H17NO.C4H2O4.CH2Cl2.CH3F.CH3O2S.Na.O2S/c1-7-19-14-25-20(8-10-31(25)17(2)3)12-23(19)27-29(33)28(30(27)34)24-13-21-9-11-32(18(4)5)26(21)15-22(24)16-37(6,35)36;1-10(2)14-7-6-12-5-4-11(8-13(12)14)9-17(3,15)16;1-9(2)14-6-5-11-4-3-10(8-13)7-12(11)14;1-9(2)13-6-5-11-4-3-10(8-14)7-12(11)13;5-1-2(6)4(8)3(1)7;2-1-3;1-2;1-4(2)3;;1-3-2/h12-15,17-18H,7-11,16H2,1-6H3;4-5,8,10H,6-7,9H2,1-3H3;3-4,7,9H,5-6,8H2,1-2H3;3-4,7,9,14H,5-6,8H2,1-2H3;5-6H;1H2;1H3;1H3;;/q;;;;;;;-1;+1;/i;;;;;;1D;;;. The third kappa shape index (κ3) is 24.7. The minimum atomic E-state index is -3.37. The van der Waals surface area contributed by atoms with E-state index in [-0.39, 0.29) is 81.7 Å². The number of alkyl halides is 4. The Kier molecular flexibility index (Phi) is 36.6. The number of allylic oxidation sites excluding steroid dienone is 2. The van der Waals surface area contributed by atoms with Gasteiger partial charge < -0.3 is 48.4 Å². The van der Waals surface area contributed by atoms with Gasteiger partial charge in [-0.25, -0.2) is 21.4 Å². The number of halogens is 4. The number of sulfone groups is 2. The van der Waals surface area contributed by atoms with E-state index >= 15 is 0 Å². The molecule has 0 fully saturated rings. The summed E-state index contributed by atoms with van der Waals surface area (Å²) < 4.78 is 99.7. The van der Waals surface area contributed by atoms with Gasteiger partial charge in [-0.3, -0.25) is 18.8 Å². The number of anilines is 4. The summed E-state index contributed by atoms with van der Waals surface area (Å²) in [6.07, 6.45) is 9.35. The predicted octanol–water partition coefficient (Wildman–Crippen LogP) is 5.63. The number of carbonyl (C=O) groups is 1. The van der Waals surface area contributed by atoms with Crippen molar-refractivity contribution in [2.45, 2.75) is 169 Å². The predicted molar refractivity (Wildman–Crippen MR) is 410 cm³/mol. The molecule has 12 rings (SSSR count). The van der Waals surface area contributed by atoms with E-state index in [1.807, 2.05) is 43.3 Å². The molecule has 29 heteroatoms. The zero-order valence-electron chi connectivity index (χ0n) is 62.5. The van der Waals surface area contributed by atoms with Crippen molar-refractivity contribution >= 4 is 116 Å². The van der Waals surface area contributed by atoms with Crippen LogP contribution in [-0.2, 0) is 118 Å². The van der Waals surface area contributed by atoms with Gasteiger partial charge in [-0.15, -0.1) is 34.8 Å². The zero-order chi connectivity index (χ0) is 77.7. The average Bonchev–Trinajstić information content (AvgIpc) is 1.32. The average molecular weight is 1580 g/mol. The van der Waals surface area contributed by atoms with Crippen LogP contribution in [0.2, 0.25) is 0 Å². The molecule has 562 valence electrons. The van der Waals surface area contributed by atoms with Gasteiger partial charge in [-0.2, -0.15) is 8.42 Å². The first-order valence-corrected chi connectivity index (χ1v) is 41.2. The monoisotopic (exact) mass is 1570 g/mol. The second-order valence-corrected chi connectivity index (χ2v) is 32.8. The molecule has 0 atom stereocenters. The van der Waals surface area contributed by atoms with Gasteiger partial charge >= 0.3 is 41.1 Å². The van der Waals surface area contributed by atoms with Crippen LogP contribution in [0.4, 0.5) is 27.1 Å². The number of carbonyl (C=O) groups excluding carboxylic acids is 1. The first-order valence-electron chi connectivity index (χ1n) is 34.0. The van der Waals surface area contributed by atoms with Crippen LogP contribution in [0.25, 0.3) is 11.1 Å².